The first-order chi connectivity index (χ1) is 18.3. The molecular formula is C31H26F2N2O2S. The Hall–Kier alpha value is -4.10. The maximum atomic E-state index is 14.1. The standard InChI is InChI=1S/C31H26F2N2O2S/c1-19(2)28-25(21-7-5-4-6-8-21)17-22-16-23(37-31-34-13-14-38-31)10-11-24(22)29(28)30(36)35(3)18-20-9-12-26(32)27(33)15-20/h4-17,19H,18H2,1-3H3. The van der Waals surface area contributed by atoms with Gasteiger partial charge in [-0.15, -0.1) is 0 Å². The van der Waals surface area contributed by atoms with Gasteiger partial charge in [-0.2, -0.15) is 0 Å². The van der Waals surface area contributed by atoms with Crippen molar-refractivity contribution in [1.29, 1.82) is 0 Å². The number of thiazole rings is 1. The molecule has 5 rings (SSSR count). The summed E-state index contributed by atoms with van der Waals surface area (Å²) in [5.41, 5.74) is 3.99. The van der Waals surface area contributed by atoms with Crippen LogP contribution in [-0.4, -0.2) is 22.8 Å². The minimum Gasteiger partial charge on any atom is -0.431 e. The summed E-state index contributed by atoms with van der Waals surface area (Å²) in [5.74, 6) is -1.39. The largest absolute Gasteiger partial charge is 0.431 e. The third-order valence-electron chi connectivity index (χ3n) is 6.39. The molecule has 0 aliphatic rings. The molecule has 7 heteroatoms. The summed E-state index contributed by atoms with van der Waals surface area (Å²) in [6, 6.07) is 21.4. The van der Waals surface area contributed by atoms with Gasteiger partial charge in [0.1, 0.15) is 5.75 Å². The lowest BCUT2D eigenvalue weighted by molar-refractivity contribution is 0.0785. The Bertz CT molecular complexity index is 1600. The molecule has 0 unspecified atom stereocenters. The Kier molecular flexibility index (Phi) is 7.20. The van der Waals surface area contributed by atoms with Gasteiger partial charge in [-0.3, -0.25) is 4.79 Å². The molecule has 0 spiro atoms. The lowest BCUT2D eigenvalue weighted by Gasteiger charge is -2.25. The number of carbonyl (C=O) groups excluding carboxylic acids is 1. The monoisotopic (exact) mass is 528 g/mol. The molecule has 0 fully saturated rings. The van der Waals surface area contributed by atoms with E-state index in [1.807, 2.05) is 53.9 Å². The Morgan fingerprint density at radius 1 is 1.00 bits per heavy atom. The van der Waals surface area contributed by atoms with Crippen LogP contribution in [0.1, 0.15) is 41.3 Å². The van der Waals surface area contributed by atoms with Gasteiger partial charge in [-0.1, -0.05) is 61.6 Å². The number of ether oxygens (including phenoxy) is 1. The van der Waals surface area contributed by atoms with Crippen LogP contribution in [0.3, 0.4) is 0 Å². The Labute approximate surface area is 224 Å². The lowest BCUT2D eigenvalue weighted by atomic mass is 9.84. The highest BCUT2D eigenvalue weighted by Crippen LogP contribution is 2.39. The quantitative estimate of drug-likeness (QED) is 0.213. The van der Waals surface area contributed by atoms with Crippen LogP contribution in [0.2, 0.25) is 0 Å². The van der Waals surface area contributed by atoms with Crippen molar-refractivity contribution in [2.45, 2.75) is 26.3 Å². The summed E-state index contributed by atoms with van der Waals surface area (Å²) in [6.45, 7) is 4.27. The molecule has 0 aliphatic heterocycles. The van der Waals surface area contributed by atoms with Crippen LogP contribution in [0.25, 0.3) is 21.9 Å². The Morgan fingerprint density at radius 2 is 1.79 bits per heavy atom. The topological polar surface area (TPSA) is 42.4 Å². The summed E-state index contributed by atoms with van der Waals surface area (Å²) in [6.07, 6.45) is 1.68. The number of rotatable bonds is 7. The predicted molar refractivity (Wildman–Crippen MR) is 148 cm³/mol. The number of hydrogen-bond acceptors (Lipinski definition) is 4. The van der Waals surface area contributed by atoms with Crippen LogP contribution in [0.15, 0.2) is 84.4 Å². The van der Waals surface area contributed by atoms with Gasteiger partial charge in [0.2, 0.25) is 0 Å². The Morgan fingerprint density at radius 3 is 2.47 bits per heavy atom. The van der Waals surface area contributed by atoms with E-state index in [2.05, 4.69) is 24.9 Å². The van der Waals surface area contributed by atoms with Gasteiger partial charge < -0.3 is 9.64 Å². The molecule has 192 valence electrons. The predicted octanol–water partition coefficient (Wildman–Crippen LogP) is 8.43. The van der Waals surface area contributed by atoms with Gasteiger partial charge in [0, 0.05) is 25.2 Å². The van der Waals surface area contributed by atoms with Crippen LogP contribution in [0.5, 0.6) is 10.9 Å². The maximum Gasteiger partial charge on any atom is 0.278 e. The molecule has 0 atom stereocenters. The molecule has 1 heterocycles. The molecule has 0 bridgehead atoms. The van der Waals surface area contributed by atoms with Crippen molar-refractivity contribution in [2.75, 3.05) is 7.05 Å². The molecule has 0 saturated heterocycles. The van der Waals surface area contributed by atoms with Crippen LogP contribution in [-0.2, 0) is 6.54 Å². The third kappa shape index (κ3) is 5.15. The van der Waals surface area contributed by atoms with E-state index >= 15 is 0 Å². The van der Waals surface area contributed by atoms with Gasteiger partial charge >= 0.3 is 0 Å². The van der Waals surface area contributed by atoms with Crippen molar-refractivity contribution < 1.29 is 18.3 Å². The highest BCUT2D eigenvalue weighted by Gasteiger charge is 2.25. The average molecular weight is 529 g/mol. The van der Waals surface area contributed by atoms with Crippen LogP contribution < -0.4 is 4.74 Å². The summed E-state index contributed by atoms with van der Waals surface area (Å²) in [4.78, 5) is 19.8. The van der Waals surface area contributed by atoms with E-state index < -0.39 is 11.6 Å². The van der Waals surface area contributed by atoms with Gasteiger partial charge in [0.05, 0.1) is 5.56 Å². The zero-order valence-electron chi connectivity index (χ0n) is 21.2. The van der Waals surface area contributed by atoms with Crippen molar-refractivity contribution in [1.82, 2.24) is 9.88 Å². The van der Waals surface area contributed by atoms with Gasteiger partial charge in [-0.05, 0) is 75.3 Å². The van der Waals surface area contributed by atoms with Crippen molar-refractivity contribution in [3.05, 3.63) is 113 Å². The van der Waals surface area contributed by atoms with Crippen molar-refractivity contribution in [2.24, 2.45) is 0 Å². The van der Waals surface area contributed by atoms with Gasteiger partial charge in [0.25, 0.3) is 11.1 Å². The minimum absolute atomic E-state index is 0.0384. The van der Waals surface area contributed by atoms with Gasteiger partial charge in [0.15, 0.2) is 11.6 Å². The van der Waals surface area contributed by atoms with E-state index in [9.17, 15) is 13.6 Å². The second-order valence-corrected chi connectivity index (χ2v) is 10.3. The molecule has 1 aromatic heterocycles. The van der Waals surface area contributed by atoms with Crippen LogP contribution in [0.4, 0.5) is 8.78 Å². The number of aromatic nitrogens is 1. The number of carbonyl (C=O) groups is 1. The summed E-state index contributed by atoms with van der Waals surface area (Å²) in [7, 11) is 1.68. The van der Waals surface area contributed by atoms with E-state index in [0.717, 1.165) is 39.6 Å². The van der Waals surface area contributed by atoms with Crippen molar-refractivity contribution >= 4 is 28.0 Å². The normalized spacial score (nSPS) is 11.2. The first kappa shape index (κ1) is 25.5. The second-order valence-electron chi connectivity index (χ2n) is 9.43. The fourth-order valence-corrected chi connectivity index (χ4v) is 5.19. The molecule has 4 aromatic carbocycles. The Balaban J connectivity index is 1.66. The molecule has 38 heavy (non-hydrogen) atoms. The lowest BCUT2D eigenvalue weighted by Crippen LogP contribution is -2.28. The summed E-state index contributed by atoms with van der Waals surface area (Å²) < 4.78 is 33.3. The summed E-state index contributed by atoms with van der Waals surface area (Å²) in [5, 5.41) is 4.03. The highest BCUT2D eigenvalue weighted by atomic mass is 32.1. The van der Waals surface area contributed by atoms with Crippen molar-refractivity contribution in [3.8, 4) is 22.1 Å². The van der Waals surface area contributed by atoms with E-state index in [1.165, 1.54) is 17.4 Å². The maximum absolute atomic E-state index is 14.1. The fraction of sp³-hybridized carbons (Fsp3) is 0.161. The van der Waals surface area contributed by atoms with E-state index in [4.69, 9.17) is 4.74 Å². The number of benzene rings is 4. The fourth-order valence-electron chi connectivity index (χ4n) is 4.69. The molecule has 5 aromatic rings. The molecule has 0 saturated carbocycles. The second kappa shape index (κ2) is 10.7. The summed E-state index contributed by atoms with van der Waals surface area (Å²) >= 11 is 1.40. The van der Waals surface area contributed by atoms with Crippen molar-refractivity contribution in [3.63, 3.8) is 0 Å². The van der Waals surface area contributed by atoms with Gasteiger partial charge in [-0.25, -0.2) is 13.8 Å². The smallest absolute Gasteiger partial charge is 0.278 e. The molecular weight excluding hydrogens is 502 g/mol. The average Bonchev–Trinajstić information content (AvgIpc) is 3.42. The van der Waals surface area contributed by atoms with E-state index in [0.29, 0.717) is 22.1 Å². The number of amides is 1. The van der Waals surface area contributed by atoms with E-state index in [-0.39, 0.29) is 18.4 Å². The zero-order valence-corrected chi connectivity index (χ0v) is 22.1. The number of fused-ring (bicyclic) bond motifs is 1. The molecule has 4 nitrogen and oxygen atoms in total. The first-order valence-corrected chi connectivity index (χ1v) is 13.1. The van der Waals surface area contributed by atoms with Crippen LogP contribution in [0, 0.1) is 11.6 Å². The minimum atomic E-state index is -0.935. The van der Waals surface area contributed by atoms with E-state index in [1.54, 1.807) is 18.1 Å². The van der Waals surface area contributed by atoms with Crippen LogP contribution >= 0.6 is 11.3 Å². The number of hydrogen-bond donors (Lipinski definition) is 0. The first-order valence-electron chi connectivity index (χ1n) is 12.2. The zero-order chi connectivity index (χ0) is 26.8. The highest BCUT2D eigenvalue weighted by molar-refractivity contribution is 7.11. The molecule has 1 amide bonds. The SMILES string of the molecule is CC(C)c1c(-c2ccccc2)cc2cc(Oc3nccs3)ccc2c1C(=O)N(C)Cc1ccc(F)c(F)c1. The third-order valence-corrected chi connectivity index (χ3v) is 7.04. The number of halogens is 2. The molecule has 0 N–H and O–H groups in total. The number of nitrogens with zero attached hydrogens (tertiary/aromatic N) is 2. The molecule has 0 aliphatic carbocycles. The molecule has 0 radical (unpaired) electrons.